The molecule has 23 heavy (non-hydrogen) atoms. The van der Waals surface area contributed by atoms with Gasteiger partial charge in [0, 0.05) is 58.6 Å². The summed E-state index contributed by atoms with van der Waals surface area (Å²) in [6, 6.07) is 6.33. The van der Waals surface area contributed by atoms with Crippen LogP contribution in [-0.4, -0.2) is 77.3 Å². The summed E-state index contributed by atoms with van der Waals surface area (Å²) < 4.78 is 5.44. The molecule has 0 bridgehead atoms. The highest BCUT2D eigenvalue weighted by Gasteiger charge is 2.13. The highest BCUT2D eigenvalue weighted by molar-refractivity contribution is 5.64. The number of nitrogens with one attached hydrogen (secondary N) is 1. The van der Waals surface area contributed by atoms with E-state index in [2.05, 4.69) is 52.3 Å². The Morgan fingerprint density at radius 1 is 1.17 bits per heavy atom. The lowest BCUT2D eigenvalue weighted by molar-refractivity contribution is 0.152. The Hall–Kier alpha value is -1.46. The fourth-order valence-corrected chi connectivity index (χ4v) is 3.01. The van der Waals surface area contributed by atoms with Gasteiger partial charge in [-0.05, 0) is 38.6 Å². The smallest absolute Gasteiger partial charge is 0.144 e. The minimum atomic E-state index is 0.897. The molecule has 5 nitrogen and oxygen atoms in total. The monoisotopic (exact) mass is 320 g/mol. The fraction of sp³-hybridized carbons (Fsp3) is 0.667. The van der Waals surface area contributed by atoms with Crippen LogP contribution in [0.4, 0.5) is 11.4 Å². The Labute approximate surface area is 141 Å². The second kappa shape index (κ2) is 8.99. The van der Waals surface area contributed by atoms with Crippen LogP contribution >= 0.6 is 0 Å². The number of likely N-dealkylation sites (N-methyl/N-ethyl adjacent to an activating group) is 1. The molecule has 1 fully saturated rings. The third-order valence-corrected chi connectivity index (χ3v) is 4.71. The van der Waals surface area contributed by atoms with Crippen molar-refractivity contribution < 1.29 is 4.74 Å². The van der Waals surface area contributed by atoms with Gasteiger partial charge in [0.25, 0.3) is 0 Å². The number of unbranched alkanes of at least 4 members (excludes halogenated alkanes) is 1. The van der Waals surface area contributed by atoms with Crippen LogP contribution in [0.1, 0.15) is 12.8 Å². The molecule has 2 rings (SSSR count). The van der Waals surface area contributed by atoms with Gasteiger partial charge in [0.05, 0.1) is 12.8 Å². The molecule has 0 radical (unpaired) electrons. The molecule has 0 spiro atoms. The molecule has 1 aromatic carbocycles. The molecule has 0 aliphatic carbocycles. The van der Waals surface area contributed by atoms with Crippen LogP contribution in [0.3, 0.4) is 0 Å². The standard InChI is InChI=1S/C18H32N4O/c1-19-17-8-7-16(15-18(17)23-4)21(3)9-5-6-10-22-13-11-20(2)12-14-22/h7-8,15,19H,5-6,9-14H2,1-4H3. The van der Waals surface area contributed by atoms with Crippen LogP contribution in [0.25, 0.3) is 0 Å². The van der Waals surface area contributed by atoms with Gasteiger partial charge in [0.2, 0.25) is 0 Å². The Morgan fingerprint density at radius 3 is 2.57 bits per heavy atom. The number of rotatable bonds is 8. The van der Waals surface area contributed by atoms with Crippen molar-refractivity contribution in [3.63, 3.8) is 0 Å². The molecule has 0 amide bonds. The van der Waals surface area contributed by atoms with E-state index in [-0.39, 0.29) is 0 Å². The van der Waals surface area contributed by atoms with E-state index in [9.17, 15) is 0 Å². The maximum absolute atomic E-state index is 5.44. The first kappa shape index (κ1) is 17.9. The molecule has 1 aromatic rings. The van der Waals surface area contributed by atoms with Crippen LogP contribution in [0.5, 0.6) is 5.75 Å². The quantitative estimate of drug-likeness (QED) is 0.742. The Bertz CT molecular complexity index is 472. The average molecular weight is 320 g/mol. The third kappa shape index (κ3) is 5.29. The zero-order valence-corrected chi connectivity index (χ0v) is 15.1. The fourth-order valence-electron chi connectivity index (χ4n) is 3.01. The minimum absolute atomic E-state index is 0.897. The van der Waals surface area contributed by atoms with E-state index in [1.807, 2.05) is 7.05 Å². The number of benzene rings is 1. The predicted octanol–water partition coefficient (Wildman–Crippen LogP) is 2.20. The van der Waals surface area contributed by atoms with Crippen LogP contribution in [0.2, 0.25) is 0 Å². The van der Waals surface area contributed by atoms with Crippen molar-refractivity contribution in [1.82, 2.24) is 9.80 Å². The summed E-state index contributed by atoms with van der Waals surface area (Å²) in [7, 11) is 8.00. The zero-order chi connectivity index (χ0) is 16.7. The third-order valence-electron chi connectivity index (χ3n) is 4.71. The van der Waals surface area contributed by atoms with Crippen molar-refractivity contribution in [2.45, 2.75) is 12.8 Å². The molecule has 0 saturated carbocycles. The van der Waals surface area contributed by atoms with Crippen molar-refractivity contribution >= 4 is 11.4 Å². The molecule has 1 aliphatic heterocycles. The lowest BCUT2D eigenvalue weighted by Gasteiger charge is -2.32. The summed E-state index contributed by atoms with van der Waals surface area (Å²) >= 11 is 0. The van der Waals surface area contributed by atoms with Gasteiger partial charge in [0.15, 0.2) is 0 Å². The number of hydrogen-bond acceptors (Lipinski definition) is 5. The van der Waals surface area contributed by atoms with Gasteiger partial charge in [0.1, 0.15) is 5.75 Å². The highest BCUT2D eigenvalue weighted by Crippen LogP contribution is 2.29. The molecule has 1 N–H and O–H groups in total. The van der Waals surface area contributed by atoms with Crippen molar-refractivity contribution in [1.29, 1.82) is 0 Å². The van der Waals surface area contributed by atoms with Crippen LogP contribution in [-0.2, 0) is 0 Å². The first-order valence-electron chi connectivity index (χ1n) is 8.62. The number of methoxy groups -OCH3 is 1. The van der Waals surface area contributed by atoms with Crippen molar-refractivity contribution in [2.75, 3.05) is 77.7 Å². The van der Waals surface area contributed by atoms with Crippen LogP contribution < -0.4 is 15.0 Å². The number of anilines is 2. The van der Waals surface area contributed by atoms with E-state index in [0.29, 0.717) is 0 Å². The van der Waals surface area contributed by atoms with Gasteiger partial charge in [-0.15, -0.1) is 0 Å². The van der Waals surface area contributed by atoms with E-state index in [4.69, 9.17) is 4.74 Å². The van der Waals surface area contributed by atoms with Gasteiger partial charge in [-0.1, -0.05) is 0 Å². The van der Waals surface area contributed by atoms with Crippen molar-refractivity contribution in [2.24, 2.45) is 0 Å². The molecule has 1 saturated heterocycles. The second-order valence-electron chi connectivity index (χ2n) is 6.41. The van der Waals surface area contributed by atoms with E-state index < -0.39 is 0 Å². The summed E-state index contributed by atoms with van der Waals surface area (Å²) in [4.78, 5) is 7.31. The normalized spacial score (nSPS) is 16.3. The van der Waals surface area contributed by atoms with Gasteiger partial charge >= 0.3 is 0 Å². The van der Waals surface area contributed by atoms with Gasteiger partial charge in [-0.25, -0.2) is 0 Å². The summed E-state index contributed by atoms with van der Waals surface area (Å²) in [5.41, 5.74) is 2.24. The molecule has 0 unspecified atom stereocenters. The van der Waals surface area contributed by atoms with E-state index in [0.717, 1.165) is 18.0 Å². The van der Waals surface area contributed by atoms with Crippen LogP contribution in [0, 0.1) is 0 Å². The highest BCUT2D eigenvalue weighted by atomic mass is 16.5. The minimum Gasteiger partial charge on any atom is -0.495 e. The first-order valence-corrected chi connectivity index (χ1v) is 8.62. The first-order chi connectivity index (χ1) is 11.1. The topological polar surface area (TPSA) is 31.0 Å². The molecule has 5 heteroatoms. The van der Waals surface area contributed by atoms with Gasteiger partial charge in [-0.3, -0.25) is 0 Å². The average Bonchev–Trinajstić information content (AvgIpc) is 2.59. The SMILES string of the molecule is CNc1ccc(N(C)CCCCN2CCN(C)CC2)cc1OC. The number of piperazine rings is 1. The number of hydrogen-bond donors (Lipinski definition) is 1. The second-order valence-corrected chi connectivity index (χ2v) is 6.41. The van der Waals surface area contributed by atoms with Crippen molar-refractivity contribution in [3.05, 3.63) is 18.2 Å². The summed E-state index contributed by atoms with van der Waals surface area (Å²) in [5, 5.41) is 3.15. The molecule has 0 atom stereocenters. The maximum atomic E-state index is 5.44. The summed E-state index contributed by atoms with van der Waals surface area (Å²) in [6.45, 7) is 7.15. The number of nitrogens with zero attached hydrogens (tertiary/aromatic N) is 3. The Balaban J connectivity index is 1.73. The molecular weight excluding hydrogens is 288 g/mol. The predicted molar refractivity (Wildman–Crippen MR) is 99.0 cm³/mol. The molecule has 1 heterocycles. The Morgan fingerprint density at radius 2 is 1.91 bits per heavy atom. The summed E-state index contributed by atoms with van der Waals surface area (Å²) in [6.07, 6.45) is 2.48. The summed E-state index contributed by atoms with van der Waals surface area (Å²) in [5.74, 6) is 0.897. The molecule has 0 aromatic heterocycles. The lowest BCUT2D eigenvalue weighted by atomic mass is 10.2. The zero-order valence-electron chi connectivity index (χ0n) is 15.1. The van der Waals surface area contributed by atoms with Crippen LogP contribution in [0.15, 0.2) is 18.2 Å². The van der Waals surface area contributed by atoms with E-state index in [1.165, 1.54) is 51.3 Å². The lowest BCUT2D eigenvalue weighted by Crippen LogP contribution is -2.44. The van der Waals surface area contributed by atoms with Gasteiger partial charge < -0.3 is 24.8 Å². The molecule has 130 valence electrons. The largest absolute Gasteiger partial charge is 0.495 e. The van der Waals surface area contributed by atoms with Crippen molar-refractivity contribution in [3.8, 4) is 5.75 Å². The van der Waals surface area contributed by atoms with Gasteiger partial charge in [-0.2, -0.15) is 0 Å². The maximum Gasteiger partial charge on any atom is 0.144 e. The molecular formula is C18H32N4O. The number of ether oxygens (including phenoxy) is 1. The van der Waals surface area contributed by atoms with E-state index in [1.54, 1.807) is 7.11 Å². The Kier molecular flexibility index (Phi) is 6.99. The van der Waals surface area contributed by atoms with E-state index >= 15 is 0 Å². The molecule has 1 aliphatic rings.